The van der Waals surface area contributed by atoms with Crippen molar-refractivity contribution in [3.05, 3.63) is 35.4 Å². The molecule has 1 rings (SSSR count). The molecule has 0 aliphatic rings. The van der Waals surface area contributed by atoms with Crippen molar-refractivity contribution in [2.24, 2.45) is 5.41 Å². The Morgan fingerprint density at radius 1 is 1.24 bits per heavy atom. The van der Waals surface area contributed by atoms with E-state index in [1.807, 2.05) is 13.8 Å². The van der Waals surface area contributed by atoms with Crippen LogP contribution in [0.3, 0.4) is 0 Å². The molecule has 5 heteroatoms. The van der Waals surface area contributed by atoms with Crippen LogP contribution in [0.5, 0.6) is 0 Å². The highest BCUT2D eigenvalue weighted by atomic mass is 16.3. The highest BCUT2D eigenvalue weighted by Crippen LogP contribution is 2.18. The lowest BCUT2D eigenvalue weighted by atomic mass is 9.89. The van der Waals surface area contributed by atoms with Gasteiger partial charge in [0.2, 0.25) is 0 Å². The third-order valence-electron chi connectivity index (χ3n) is 3.29. The lowest BCUT2D eigenvalue weighted by molar-refractivity contribution is 0.0827. The van der Waals surface area contributed by atoms with Gasteiger partial charge in [-0.05, 0) is 30.0 Å². The summed E-state index contributed by atoms with van der Waals surface area (Å²) in [6.07, 6.45) is 0.617. The maximum absolute atomic E-state index is 12.1. The second kappa shape index (κ2) is 7.22. The van der Waals surface area contributed by atoms with Crippen LogP contribution in [-0.4, -0.2) is 49.1 Å². The lowest BCUT2D eigenvalue weighted by Gasteiger charge is -2.23. The number of carbonyl (C=O) groups excluding carboxylic acids is 2. The molecule has 0 fully saturated rings. The molecule has 2 N–H and O–H groups in total. The second-order valence-corrected chi connectivity index (χ2v) is 6.10. The van der Waals surface area contributed by atoms with Gasteiger partial charge in [0.05, 0.1) is 0 Å². The minimum absolute atomic E-state index is 0.0929. The summed E-state index contributed by atoms with van der Waals surface area (Å²) in [6, 6.07) is 6.66. The van der Waals surface area contributed by atoms with Crippen molar-refractivity contribution >= 4 is 11.8 Å². The first-order valence-electron chi connectivity index (χ1n) is 6.97. The van der Waals surface area contributed by atoms with E-state index in [-0.39, 0.29) is 23.8 Å². The Morgan fingerprint density at radius 3 is 2.43 bits per heavy atom. The number of carbonyl (C=O) groups is 2. The topological polar surface area (TPSA) is 69.6 Å². The molecule has 0 saturated heterocycles. The number of nitrogens with zero attached hydrogens (tertiary/aromatic N) is 1. The first kappa shape index (κ1) is 17.2. The molecular formula is C16H24N2O3. The summed E-state index contributed by atoms with van der Waals surface area (Å²) in [5, 5.41) is 11.8. The molecule has 0 atom stereocenters. The first-order valence-corrected chi connectivity index (χ1v) is 6.97. The van der Waals surface area contributed by atoms with Crippen LogP contribution in [0.1, 0.15) is 41.0 Å². The van der Waals surface area contributed by atoms with Crippen LogP contribution < -0.4 is 5.32 Å². The zero-order chi connectivity index (χ0) is 16.0. The number of hydrogen-bond donors (Lipinski definition) is 2. The Labute approximate surface area is 126 Å². The summed E-state index contributed by atoms with van der Waals surface area (Å²) in [4.78, 5) is 25.5. The average Bonchev–Trinajstić information content (AvgIpc) is 2.44. The van der Waals surface area contributed by atoms with E-state index in [1.54, 1.807) is 38.4 Å². The summed E-state index contributed by atoms with van der Waals surface area (Å²) >= 11 is 0. The molecule has 0 heterocycles. The van der Waals surface area contributed by atoms with Crippen molar-refractivity contribution in [3.8, 4) is 0 Å². The van der Waals surface area contributed by atoms with Gasteiger partial charge in [-0.1, -0.05) is 19.9 Å². The van der Waals surface area contributed by atoms with Crippen LogP contribution in [0.4, 0.5) is 0 Å². The van der Waals surface area contributed by atoms with Gasteiger partial charge in [0.25, 0.3) is 11.8 Å². The normalized spacial score (nSPS) is 11.1. The largest absolute Gasteiger partial charge is 0.396 e. The summed E-state index contributed by atoms with van der Waals surface area (Å²) in [6.45, 7) is 4.53. The summed E-state index contributed by atoms with van der Waals surface area (Å²) in [7, 11) is 3.35. The maximum Gasteiger partial charge on any atom is 0.253 e. The van der Waals surface area contributed by atoms with E-state index in [0.29, 0.717) is 24.1 Å². The molecule has 0 saturated carbocycles. The van der Waals surface area contributed by atoms with Crippen molar-refractivity contribution in [1.82, 2.24) is 10.2 Å². The van der Waals surface area contributed by atoms with Gasteiger partial charge in [0, 0.05) is 38.4 Å². The smallest absolute Gasteiger partial charge is 0.253 e. The first-order chi connectivity index (χ1) is 9.76. The van der Waals surface area contributed by atoms with Gasteiger partial charge < -0.3 is 15.3 Å². The number of aliphatic hydroxyl groups is 1. The van der Waals surface area contributed by atoms with Gasteiger partial charge in [-0.3, -0.25) is 9.59 Å². The van der Waals surface area contributed by atoms with Crippen molar-refractivity contribution in [2.75, 3.05) is 27.2 Å². The molecular weight excluding hydrogens is 268 g/mol. The summed E-state index contributed by atoms with van der Waals surface area (Å²) in [5.41, 5.74) is 0.784. The molecule has 0 aliphatic carbocycles. The fourth-order valence-electron chi connectivity index (χ4n) is 1.86. The molecule has 0 radical (unpaired) electrons. The van der Waals surface area contributed by atoms with Gasteiger partial charge in [-0.2, -0.15) is 0 Å². The van der Waals surface area contributed by atoms with Crippen LogP contribution in [0, 0.1) is 5.41 Å². The second-order valence-electron chi connectivity index (χ2n) is 6.10. The fraction of sp³-hybridized carbons (Fsp3) is 0.500. The Kier molecular flexibility index (Phi) is 5.90. The Hall–Kier alpha value is -1.88. The van der Waals surface area contributed by atoms with Gasteiger partial charge in [-0.15, -0.1) is 0 Å². The van der Waals surface area contributed by atoms with Gasteiger partial charge >= 0.3 is 0 Å². The Bertz CT molecular complexity index is 510. The third-order valence-corrected chi connectivity index (χ3v) is 3.29. The van der Waals surface area contributed by atoms with Crippen LogP contribution in [0.2, 0.25) is 0 Å². The quantitative estimate of drug-likeness (QED) is 0.835. The SMILES string of the molecule is CN(C)C(=O)c1cccc(C(=O)NCC(C)(C)CCO)c1. The molecule has 0 bridgehead atoms. The molecule has 0 unspecified atom stereocenters. The lowest BCUT2D eigenvalue weighted by Crippen LogP contribution is -2.34. The van der Waals surface area contributed by atoms with Crippen LogP contribution >= 0.6 is 0 Å². The average molecular weight is 292 g/mol. The zero-order valence-electron chi connectivity index (χ0n) is 13.1. The van der Waals surface area contributed by atoms with E-state index >= 15 is 0 Å². The van der Waals surface area contributed by atoms with Crippen molar-refractivity contribution in [2.45, 2.75) is 20.3 Å². The van der Waals surface area contributed by atoms with E-state index in [4.69, 9.17) is 5.11 Å². The van der Waals surface area contributed by atoms with E-state index in [2.05, 4.69) is 5.32 Å². The molecule has 21 heavy (non-hydrogen) atoms. The molecule has 0 aliphatic heterocycles. The predicted octanol–water partition coefficient (Wildman–Crippen LogP) is 1.53. The summed E-state index contributed by atoms with van der Waals surface area (Å²) in [5.74, 6) is -0.348. The molecule has 0 spiro atoms. The van der Waals surface area contributed by atoms with Crippen molar-refractivity contribution in [3.63, 3.8) is 0 Å². The minimum atomic E-state index is -0.213. The minimum Gasteiger partial charge on any atom is -0.396 e. The molecule has 2 amide bonds. The number of nitrogens with one attached hydrogen (secondary N) is 1. The Balaban J connectivity index is 2.75. The number of rotatable bonds is 6. The Morgan fingerprint density at radius 2 is 1.86 bits per heavy atom. The third kappa shape index (κ3) is 5.19. The van der Waals surface area contributed by atoms with Crippen LogP contribution in [0.25, 0.3) is 0 Å². The van der Waals surface area contributed by atoms with Crippen molar-refractivity contribution in [1.29, 1.82) is 0 Å². The number of benzene rings is 1. The highest BCUT2D eigenvalue weighted by Gasteiger charge is 2.19. The van der Waals surface area contributed by atoms with Crippen LogP contribution in [-0.2, 0) is 0 Å². The molecule has 1 aromatic rings. The molecule has 0 aromatic heterocycles. The molecule has 1 aromatic carbocycles. The zero-order valence-corrected chi connectivity index (χ0v) is 13.1. The fourth-order valence-corrected chi connectivity index (χ4v) is 1.86. The number of amides is 2. The van der Waals surface area contributed by atoms with E-state index in [0.717, 1.165) is 0 Å². The maximum atomic E-state index is 12.1. The number of aliphatic hydroxyl groups excluding tert-OH is 1. The van der Waals surface area contributed by atoms with E-state index in [9.17, 15) is 9.59 Å². The summed E-state index contributed by atoms with van der Waals surface area (Å²) < 4.78 is 0. The van der Waals surface area contributed by atoms with E-state index in [1.165, 1.54) is 4.90 Å². The monoisotopic (exact) mass is 292 g/mol. The standard InChI is InChI=1S/C16H24N2O3/c1-16(2,8-9-19)11-17-14(20)12-6-5-7-13(10-12)15(21)18(3)4/h5-7,10,19H,8-9,11H2,1-4H3,(H,17,20). The van der Waals surface area contributed by atoms with Gasteiger partial charge in [-0.25, -0.2) is 0 Å². The molecule has 5 nitrogen and oxygen atoms in total. The highest BCUT2D eigenvalue weighted by molar-refractivity contribution is 5.99. The van der Waals surface area contributed by atoms with E-state index < -0.39 is 0 Å². The van der Waals surface area contributed by atoms with Gasteiger partial charge in [0.15, 0.2) is 0 Å². The molecule has 116 valence electrons. The van der Waals surface area contributed by atoms with Gasteiger partial charge in [0.1, 0.15) is 0 Å². The van der Waals surface area contributed by atoms with Crippen molar-refractivity contribution < 1.29 is 14.7 Å². The number of hydrogen-bond acceptors (Lipinski definition) is 3. The van der Waals surface area contributed by atoms with Crippen LogP contribution in [0.15, 0.2) is 24.3 Å². The predicted molar refractivity (Wildman–Crippen MR) is 82.3 cm³/mol.